The third kappa shape index (κ3) is 5.01. The molecule has 0 bridgehead atoms. The predicted molar refractivity (Wildman–Crippen MR) is 112 cm³/mol. The van der Waals surface area contributed by atoms with Crippen LogP contribution in [-0.4, -0.2) is 29.0 Å². The summed E-state index contributed by atoms with van der Waals surface area (Å²) in [5, 5.41) is 15.2. The number of rotatable bonds is 6. The molecule has 0 spiro atoms. The van der Waals surface area contributed by atoms with Gasteiger partial charge in [0.15, 0.2) is 0 Å². The third-order valence-corrected chi connectivity index (χ3v) is 5.14. The van der Waals surface area contributed by atoms with Gasteiger partial charge >= 0.3 is 6.18 Å². The van der Waals surface area contributed by atoms with Crippen molar-refractivity contribution in [2.75, 3.05) is 12.8 Å². The minimum Gasteiger partial charge on any atom is -0.496 e. The molecule has 3 aromatic rings. The summed E-state index contributed by atoms with van der Waals surface area (Å²) in [5.41, 5.74) is 3.38. The van der Waals surface area contributed by atoms with Gasteiger partial charge in [-0.15, -0.1) is 0 Å². The summed E-state index contributed by atoms with van der Waals surface area (Å²) in [7, 11) is 1.26. The summed E-state index contributed by atoms with van der Waals surface area (Å²) >= 11 is 0. The summed E-state index contributed by atoms with van der Waals surface area (Å²) in [6, 6.07) is 3.84. The maximum atomic E-state index is 14.9. The van der Waals surface area contributed by atoms with E-state index in [1.165, 1.54) is 13.2 Å². The van der Waals surface area contributed by atoms with Crippen molar-refractivity contribution < 1.29 is 35.9 Å². The van der Waals surface area contributed by atoms with Crippen LogP contribution in [0.4, 0.5) is 32.2 Å². The molecule has 0 saturated heterocycles. The Hall–Kier alpha value is -4.21. The zero-order valence-electron chi connectivity index (χ0n) is 18.2. The standard InChI is InChI=1S/C22H17F6N5O2/c1-10(22(26,27)28)33-20(30)15(8-29)19(32-33)13-7-16(24)11(5-17(13)25)9-31-21(34)14-6-12(23)3-4-18(14)35-2/h3-7,10H,9,30H2,1-2H3,(H,31,34). The normalized spacial score (nSPS) is 12.2. The molecule has 35 heavy (non-hydrogen) atoms. The second-order valence-electron chi connectivity index (χ2n) is 7.33. The molecule has 0 fully saturated rings. The molecule has 1 aromatic heterocycles. The fraction of sp³-hybridized carbons (Fsp3) is 0.227. The Morgan fingerprint density at radius 1 is 1.23 bits per heavy atom. The van der Waals surface area contributed by atoms with Crippen molar-refractivity contribution in [2.24, 2.45) is 0 Å². The van der Waals surface area contributed by atoms with Gasteiger partial charge < -0.3 is 15.8 Å². The van der Waals surface area contributed by atoms with E-state index in [0.717, 1.165) is 19.1 Å². The maximum absolute atomic E-state index is 14.9. The van der Waals surface area contributed by atoms with Crippen LogP contribution in [0.25, 0.3) is 11.3 Å². The van der Waals surface area contributed by atoms with Crippen LogP contribution in [0.2, 0.25) is 0 Å². The van der Waals surface area contributed by atoms with Crippen molar-refractivity contribution in [3.05, 3.63) is 64.5 Å². The Labute approximate surface area is 194 Å². The van der Waals surface area contributed by atoms with Crippen LogP contribution in [0, 0.1) is 28.8 Å². The molecule has 0 aliphatic rings. The number of halogens is 6. The number of nitrogens with zero attached hydrogens (tertiary/aromatic N) is 3. The van der Waals surface area contributed by atoms with Crippen molar-refractivity contribution in [1.82, 2.24) is 15.1 Å². The summed E-state index contributed by atoms with van der Waals surface area (Å²) < 4.78 is 87.7. The minimum absolute atomic E-state index is 0.0520. The van der Waals surface area contributed by atoms with Gasteiger partial charge in [-0.2, -0.15) is 23.5 Å². The summed E-state index contributed by atoms with van der Waals surface area (Å²) in [6.45, 7) is 0.221. The number of methoxy groups -OCH3 is 1. The highest BCUT2D eigenvalue weighted by molar-refractivity contribution is 5.96. The molecule has 1 atom stereocenters. The second kappa shape index (κ2) is 9.57. The van der Waals surface area contributed by atoms with Crippen LogP contribution in [0.3, 0.4) is 0 Å². The minimum atomic E-state index is -4.76. The fourth-order valence-electron chi connectivity index (χ4n) is 3.21. The second-order valence-corrected chi connectivity index (χ2v) is 7.33. The molecular weight excluding hydrogens is 480 g/mol. The highest BCUT2D eigenvalue weighted by atomic mass is 19.4. The lowest BCUT2D eigenvalue weighted by molar-refractivity contribution is -0.164. The lowest BCUT2D eigenvalue weighted by Crippen LogP contribution is -2.25. The molecule has 13 heteroatoms. The van der Waals surface area contributed by atoms with E-state index in [1.807, 2.05) is 0 Å². The average Bonchev–Trinajstić information content (AvgIpc) is 3.13. The van der Waals surface area contributed by atoms with E-state index in [9.17, 15) is 36.4 Å². The zero-order valence-corrected chi connectivity index (χ0v) is 18.2. The highest BCUT2D eigenvalue weighted by Crippen LogP contribution is 2.36. The average molecular weight is 497 g/mol. The molecule has 3 N–H and O–H groups in total. The molecule has 0 radical (unpaired) electrons. The number of ether oxygens (including phenoxy) is 1. The van der Waals surface area contributed by atoms with E-state index in [2.05, 4.69) is 10.4 Å². The number of nitrogens with two attached hydrogens (primary N) is 1. The molecule has 0 aliphatic heterocycles. The monoisotopic (exact) mass is 497 g/mol. The van der Waals surface area contributed by atoms with Crippen molar-refractivity contribution in [3.63, 3.8) is 0 Å². The SMILES string of the molecule is COc1ccc(F)cc1C(=O)NCc1cc(F)c(-c2nn(C(C)C(F)(F)F)c(N)c2C#N)cc1F. The molecule has 2 aromatic carbocycles. The molecule has 3 rings (SSSR count). The number of amides is 1. The molecule has 1 amide bonds. The number of benzene rings is 2. The van der Waals surface area contributed by atoms with Crippen molar-refractivity contribution in [1.29, 1.82) is 5.26 Å². The first-order valence-electron chi connectivity index (χ1n) is 9.83. The van der Waals surface area contributed by atoms with Gasteiger partial charge in [0.25, 0.3) is 5.91 Å². The van der Waals surface area contributed by atoms with Gasteiger partial charge in [-0.1, -0.05) is 0 Å². The van der Waals surface area contributed by atoms with E-state index in [0.29, 0.717) is 16.8 Å². The summed E-state index contributed by atoms with van der Waals surface area (Å²) in [6.07, 6.45) is -4.76. The Kier molecular flexibility index (Phi) is 6.95. The van der Waals surface area contributed by atoms with Gasteiger partial charge in [0.05, 0.1) is 12.7 Å². The molecule has 7 nitrogen and oxygen atoms in total. The van der Waals surface area contributed by atoms with E-state index >= 15 is 0 Å². The molecule has 0 aliphatic carbocycles. The van der Waals surface area contributed by atoms with Crippen LogP contribution in [0.1, 0.15) is 34.5 Å². The molecule has 1 unspecified atom stereocenters. The Balaban J connectivity index is 1.92. The number of carbonyl (C=O) groups excluding carboxylic acids is 1. The Morgan fingerprint density at radius 3 is 2.51 bits per heavy atom. The number of hydrogen-bond donors (Lipinski definition) is 2. The van der Waals surface area contributed by atoms with E-state index in [1.54, 1.807) is 6.07 Å². The number of hydrogen-bond acceptors (Lipinski definition) is 5. The molecule has 1 heterocycles. The number of nitriles is 1. The van der Waals surface area contributed by atoms with Crippen LogP contribution in [0.15, 0.2) is 30.3 Å². The van der Waals surface area contributed by atoms with Crippen molar-refractivity contribution in [2.45, 2.75) is 25.7 Å². The zero-order chi connectivity index (χ0) is 26.1. The first-order valence-corrected chi connectivity index (χ1v) is 9.83. The number of nitrogens with one attached hydrogen (secondary N) is 1. The molecular formula is C22H17F6N5O2. The van der Waals surface area contributed by atoms with Crippen LogP contribution in [-0.2, 0) is 6.54 Å². The number of alkyl halides is 3. The Bertz CT molecular complexity index is 1330. The number of nitrogen functional groups attached to an aromatic ring is 1. The van der Waals surface area contributed by atoms with Crippen LogP contribution < -0.4 is 15.8 Å². The van der Waals surface area contributed by atoms with Gasteiger partial charge in [0.1, 0.15) is 52.4 Å². The molecule has 0 saturated carbocycles. The highest BCUT2D eigenvalue weighted by Gasteiger charge is 2.40. The number of aromatic nitrogens is 2. The lowest BCUT2D eigenvalue weighted by atomic mass is 10.0. The first kappa shape index (κ1) is 25.4. The Morgan fingerprint density at radius 2 is 1.91 bits per heavy atom. The van der Waals surface area contributed by atoms with E-state index in [-0.39, 0.29) is 16.9 Å². The third-order valence-electron chi connectivity index (χ3n) is 5.14. The first-order chi connectivity index (χ1) is 16.4. The smallest absolute Gasteiger partial charge is 0.410 e. The lowest BCUT2D eigenvalue weighted by Gasteiger charge is -2.17. The van der Waals surface area contributed by atoms with E-state index < -0.39 is 64.8 Å². The number of anilines is 1. The van der Waals surface area contributed by atoms with Crippen LogP contribution in [0.5, 0.6) is 5.75 Å². The summed E-state index contributed by atoms with van der Waals surface area (Å²) in [4.78, 5) is 12.4. The van der Waals surface area contributed by atoms with Gasteiger partial charge in [-0.3, -0.25) is 4.79 Å². The van der Waals surface area contributed by atoms with Gasteiger partial charge in [0, 0.05) is 17.7 Å². The van der Waals surface area contributed by atoms with Crippen molar-refractivity contribution in [3.8, 4) is 23.1 Å². The predicted octanol–water partition coefficient (Wildman–Crippen LogP) is 4.48. The van der Waals surface area contributed by atoms with Crippen molar-refractivity contribution >= 4 is 11.7 Å². The van der Waals surface area contributed by atoms with Crippen LogP contribution >= 0.6 is 0 Å². The van der Waals surface area contributed by atoms with Gasteiger partial charge in [0.2, 0.25) is 0 Å². The van der Waals surface area contributed by atoms with Gasteiger partial charge in [-0.05, 0) is 37.3 Å². The largest absolute Gasteiger partial charge is 0.496 e. The summed E-state index contributed by atoms with van der Waals surface area (Å²) in [5.74, 6) is -4.33. The maximum Gasteiger partial charge on any atom is 0.410 e. The molecule has 184 valence electrons. The fourth-order valence-corrected chi connectivity index (χ4v) is 3.21. The quantitative estimate of drug-likeness (QED) is 0.489. The van der Waals surface area contributed by atoms with Gasteiger partial charge in [-0.25, -0.2) is 17.9 Å². The topological polar surface area (TPSA) is 106 Å². The van der Waals surface area contributed by atoms with E-state index in [4.69, 9.17) is 10.5 Å². The number of carbonyl (C=O) groups is 1.